The summed E-state index contributed by atoms with van der Waals surface area (Å²) >= 11 is 0. The summed E-state index contributed by atoms with van der Waals surface area (Å²) in [4.78, 5) is 0. The van der Waals surface area contributed by atoms with E-state index in [0.29, 0.717) is 6.61 Å². The van der Waals surface area contributed by atoms with Crippen LogP contribution < -0.4 is 10.5 Å². The third kappa shape index (κ3) is 4.38. The van der Waals surface area contributed by atoms with Gasteiger partial charge in [-0.05, 0) is 48.7 Å². The molecule has 0 aromatic heterocycles. The Kier molecular flexibility index (Phi) is 4.53. The molecule has 0 heterocycles. The first-order valence-electron chi connectivity index (χ1n) is 6.35. The molecule has 2 N–H and O–H groups in total. The Morgan fingerprint density at radius 3 is 2.58 bits per heavy atom. The van der Waals surface area contributed by atoms with E-state index in [1.807, 2.05) is 37.3 Å². The van der Waals surface area contributed by atoms with Gasteiger partial charge in [0.1, 0.15) is 18.2 Å². The Morgan fingerprint density at radius 2 is 1.84 bits per heavy atom. The fourth-order valence-electron chi connectivity index (χ4n) is 1.93. The zero-order valence-corrected chi connectivity index (χ0v) is 11.0. The second-order valence-electron chi connectivity index (χ2n) is 4.75. The average Bonchev–Trinajstić information content (AvgIpc) is 2.36. The van der Waals surface area contributed by atoms with Crippen molar-refractivity contribution in [3.05, 3.63) is 65.5 Å². The summed E-state index contributed by atoms with van der Waals surface area (Å²) in [6.45, 7) is 2.33. The van der Waals surface area contributed by atoms with Crippen molar-refractivity contribution in [1.29, 1.82) is 0 Å². The fraction of sp³-hybridized carbons (Fsp3) is 0.250. The normalized spacial score (nSPS) is 12.2. The second kappa shape index (κ2) is 6.34. The lowest BCUT2D eigenvalue weighted by Crippen LogP contribution is -2.17. The molecule has 2 nitrogen and oxygen atoms in total. The molecule has 1 atom stereocenters. The van der Waals surface area contributed by atoms with E-state index in [2.05, 4.69) is 0 Å². The Balaban J connectivity index is 1.99. The van der Waals surface area contributed by atoms with Crippen molar-refractivity contribution in [2.24, 2.45) is 5.73 Å². The van der Waals surface area contributed by atoms with E-state index < -0.39 is 0 Å². The third-order valence-corrected chi connectivity index (χ3v) is 2.75. The smallest absolute Gasteiger partial charge is 0.123 e. The maximum Gasteiger partial charge on any atom is 0.123 e. The predicted octanol–water partition coefficient (Wildman–Crippen LogP) is 3.29. The monoisotopic (exact) mass is 259 g/mol. The third-order valence-electron chi connectivity index (χ3n) is 2.75. The van der Waals surface area contributed by atoms with Gasteiger partial charge in [0.2, 0.25) is 0 Å². The summed E-state index contributed by atoms with van der Waals surface area (Å²) in [5.74, 6) is 0.536. The molecule has 2 aromatic rings. The minimum atomic E-state index is -0.244. The second-order valence-corrected chi connectivity index (χ2v) is 4.75. The van der Waals surface area contributed by atoms with Crippen molar-refractivity contribution >= 4 is 0 Å². The number of benzene rings is 2. The number of hydrogen-bond acceptors (Lipinski definition) is 2. The van der Waals surface area contributed by atoms with Crippen LogP contribution in [0.1, 0.15) is 18.1 Å². The first kappa shape index (κ1) is 13.6. The summed E-state index contributed by atoms with van der Waals surface area (Å²) in [5.41, 5.74) is 7.74. The molecule has 3 heteroatoms. The number of nitrogens with two attached hydrogens (primary N) is 1. The van der Waals surface area contributed by atoms with Gasteiger partial charge in [-0.15, -0.1) is 0 Å². The fourth-order valence-corrected chi connectivity index (χ4v) is 1.93. The molecule has 0 aliphatic heterocycles. The van der Waals surface area contributed by atoms with E-state index in [-0.39, 0.29) is 11.9 Å². The van der Waals surface area contributed by atoms with Gasteiger partial charge in [0.15, 0.2) is 0 Å². The SMILES string of the molecule is CC(N)Cc1cccc(OCc2cccc(F)c2)c1. The highest BCUT2D eigenvalue weighted by Crippen LogP contribution is 2.16. The summed E-state index contributed by atoms with van der Waals surface area (Å²) in [6.07, 6.45) is 0.817. The maximum absolute atomic E-state index is 13.0. The van der Waals surface area contributed by atoms with Gasteiger partial charge in [-0.2, -0.15) is 0 Å². The van der Waals surface area contributed by atoms with Gasteiger partial charge >= 0.3 is 0 Å². The number of rotatable bonds is 5. The number of halogens is 1. The zero-order chi connectivity index (χ0) is 13.7. The Labute approximate surface area is 113 Å². The van der Waals surface area contributed by atoms with Crippen LogP contribution >= 0.6 is 0 Å². The van der Waals surface area contributed by atoms with E-state index in [1.54, 1.807) is 6.07 Å². The van der Waals surface area contributed by atoms with Crippen LogP contribution in [0.3, 0.4) is 0 Å². The molecule has 0 spiro atoms. The lowest BCUT2D eigenvalue weighted by Gasteiger charge is -2.09. The maximum atomic E-state index is 13.0. The van der Waals surface area contributed by atoms with Crippen LogP contribution in [0.5, 0.6) is 5.75 Å². The molecule has 1 unspecified atom stereocenters. The summed E-state index contributed by atoms with van der Waals surface area (Å²) in [5, 5.41) is 0. The molecule has 0 radical (unpaired) electrons. The number of hydrogen-bond donors (Lipinski definition) is 1. The Bertz CT molecular complexity index is 540. The molecule has 2 rings (SSSR count). The quantitative estimate of drug-likeness (QED) is 0.894. The summed E-state index contributed by atoms with van der Waals surface area (Å²) in [6, 6.07) is 14.4. The molecule has 0 aliphatic carbocycles. The Morgan fingerprint density at radius 1 is 1.11 bits per heavy atom. The van der Waals surface area contributed by atoms with Gasteiger partial charge in [-0.1, -0.05) is 24.3 Å². The minimum Gasteiger partial charge on any atom is -0.489 e. The summed E-state index contributed by atoms with van der Waals surface area (Å²) < 4.78 is 18.7. The van der Waals surface area contributed by atoms with Crippen LogP contribution in [-0.4, -0.2) is 6.04 Å². The van der Waals surface area contributed by atoms with Crippen molar-refractivity contribution in [2.75, 3.05) is 0 Å². The van der Waals surface area contributed by atoms with Gasteiger partial charge in [-0.25, -0.2) is 4.39 Å². The topological polar surface area (TPSA) is 35.2 Å². The molecular formula is C16H18FNO. The van der Waals surface area contributed by atoms with Crippen LogP contribution in [0.25, 0.3) is 0 Å². The van der Waals surface area contributed by atoms with Crippen LogP contribution in [-0.2, 0) is 13.0 Å². The molecule has 0 saturated heterocycles. The molecule has 2 aromatic carbocycles. The highest BCUT2D eigenvalue weighted by Gasteiger charge is 2.01. The predicted molar refractivity (Wildman–Crippen MR) is 74.5 cm³/mol. The van der Waals surface area contributed by atoms with Crippen LogP contribution in [0.2, 0.25) is 0 Å². The van der Waals surface area contributed by atoms with E-state index in [0.717, 1.165) is 23.3 Å². The largest absolute Gasteiger partial charge is 0.489 e. The van der Waals surface area contributed by atoms with E-state index in [9.17, 15) is 4.39 Å². The van der Waals surface area contributed by atoms with Crippen molar-refractivity contribution < 1.29 is 9.13 Å². The van der Waals surface area contributed by atoms with Crippen LogP contribution in [0.4, 0.5) is 4.39 Å². The van der Waals surface area contributed by atoms with Gasteiger partial charge < -0.3 is 10.5 Å². The van der Waals surface area contributed by atoms with Crippen LogP contribution in [0, 0.1) is 5.82 Å². The first-order valence-corrected chi connectivity index (χ1v) is 6.35. The Hall–Kier alpha value is -1.87. The van der Waals surface area contributed by atoms with Crippen molar-refractivity contribution in [1.82, 2.24) is 0 Å². The average molecular weight is 259 g/mol. The molecule has 0 fully saturated rings. The summed E-state index contributed by atoms with van der Waals surface area (Å²) in [7, 11) is 0. The number of ether oxygens (including phenoxy) is 1. The lowest BCUT2D eigenvalue weighted by molar-refractivity contribution is 0.305. The lowest BCUT2D eigenvalue weighted by atomic mass is 10.1. The highest BCUT2D eigenvalue weighted by atomic mass is 19.1. The zero-order valence-electron chi connectivity index (χ0n) is 11.0. The van der Waals surface area contributed by atoms with E-state index in [1.165, 1.54) is 12.1 Å². The molecule has 0 bridgehead atoms. The molecular weight excluding hydrogens is 241 g/mol. The van der Waals surface area contributed by atoms with Crippen LogP contribution in [0.15, 0.2) is 48.5 Å². The highest BCUT2D eigenvalue weighted by molar-refractivity contribution is 5.29. The van der Waals surface area contributed by atoms with E-state index >= 15 is 0 Å². The molecule has 0 saturated carbocycles. The van der Waals surface area contributed by atoms with E-state index in [4.69, 9.17) is 10.5 Å². The van der Waals surface area contributed by atoms with Gasteiger partial charge in [0.25, 0.3) is 0 Å². The van der Waals surface area contributed by atoms with Gasteiger partial charge in [-0.3, -0.25) is 0 Å². The van der Waals surface area contributed by atoms with Crippen molar-refractivity contribution in [3.8, 4) is 5.75 Å². The molecule has 19 heavy (non-hydrogen) atoms. The molecule has 0 aliphatic rings. The molecule has 100 valence electrons. The van der Waals surface area contributed by atoms with Crippen molar-refractivity contribution in [2.45, 2.75) is 26.0 Å². The minimum absolute atomic E-state index is 0.124. The van der Waals surface area contributed by atoms with Gasteiger partial charge in [0, 0.05) is 6.04 Å². The van der Waals surface area contributed by atoms with Gasteiger partial charge in [0.05, 0.1) is 0 Å². The standard InChI is InChI=1S/C16H18FNO/c1-12(18)8-13-4-3-7-16(10-13)19-11-14-5-2-6-15(17)9-14/h2-7,9-10,12H,8,11,18H2,1H3. The molecule has 0 amide bonds. The van der Waals surface area contributed by atoms with Crippen molar-refractivity contribution in [3.63, 3.8) is 0 Å². The first-order chi connectivity index (χ1) is 9.13.